The Morgan fingerprint density at radius 2 is 2.06 bits per heavy atom. The van der Waals surface area contributed by atoms with Crippen LogP contribution in [0.1, 0.15) is 56.3 Å². The zero-order valence-corrected chi connectivity index (χ0v) is 11.4. The minimum Gasteiger partial charge on any atom is -0.465 e. The zero-order valence-electron chi connectivity index (χ0n) is 11.4. The molecule has 0 saturated heterocycles. The van der Waals surface area contributed by atoms with Crippen molar-refractivity contribution in [3.8, 4) is 0 Å². The molecule has 1 heterocycles. The van der Waals surface area contributed by atoms with Crippen LogP contribution in [0.25, 0.3) is 0 Å². The van der Waals surface area contributed by atoms with E-state index in [-0.39, 0.29) is 5.97 Å². The number of hydrogen-bond donors (Lipinski definition) is 0. The normalized spacial score (nSPS) is 16.8. The van der Waals surface area contributed by atoms with Crippen LogP contribution >= 0.6 is 0 Å². The predicted octanol–water partition coefficient (Wildman–Crippen LogP) is 3.41. The van der Waals surface area contributed by atoms with Gasteiger partial charge >= 0.3 is 5.97 Å². The van der Waals surface area contributed by atoms with Crippen molar-refractivity contribution in [1.29, 1.82) is 0 Å². The van der Waals surface area contributed by atoms with Crippen molar-refractivity contribution in [2.75, 3.05) is 6.61 Å². The molecule has 1 aliphatic carbocycles. The van der Waals surface area contributed by atoms with Gasteiger partial charge < -0.3 is 9.30 Å². The summed E-state index contributed by atoms with van der Waals surface area (Å²) in [6, 6.07) is 4.30. The second-order valence-electron chi connectivity index (χ2n) is 5.13. The highest BCUT2D eigenvalue weighted by Crippen LogP contribution is 2.33. The Morgan fingerprint density at radius 1 is 1.33 bits per heavy atom. The van der Waals surface area contributed by atoms with E-state index in [1.165, 1.54) is 37.8 Å². The Morgan fingerprint density at radius 3 is 2.72 bits per heavy atom. The summed E-state index contributed by atoms with van der Waals surface area (Å²) in [6.45, 7) is 4.73. The molecule has 100 valence electrons. The monoisotopic (exact) mass is 249 g/mol. The van der Waals surface area contributed by atoms with Crippen LogP contribution in [0.3, 0.4) is 0 Å². The minimum absolute atomic E-state index is 0.131. The van der Waals surface area contributed by atoms with E-state index < -0.39 is 0 Å². The van der Waals surface area contributed by atoms with Crippen molar-refractivity contribution in [3.63, 3.8) is 0 Å². The van der Waals surface area contributed by atoms with Crippen LogP contribution in [0.5, 0.6) is 0 Å². The van der Waals surface area contributed by atoms with Crippen molar-refractivity contribution >= 4 is 5.97 Å². The topological polar surface area (TPSA) is 31.2 Å². The second kappa shape index (κ2) is 6.07. The van der Waals surface area contributed by atoms with Crippen LogP contribution in [0.4, 0.5) is 0 Å². The molecule has 0 radical (unpaired) electrons. The van der Waals surface area contributed by atoms with E-state index in [4.69, 9.17) is 4.74 Å². The number of carbonyl (C=O) groups excluding carboxylic acids is 1. The van der Waals surface area contributed by atoms with E-state index in [0.29, 0.717) is 19.1 Å². The lowest BCUT2D eigenvalue weighted by molar-refractivity contribution is -0.143. The quantitative estimate of drug-likeness (QED) is 0.766. The van der Waals surface area contributed by atoms with Gasteiger partial charge in [-0.05, 0) is 44.7 Å². The molecule has 0 aromatic carbocycles. The molecule has 1 fully saturated rings. The summed E-state index contributed by atoms with van der Waals surface area (Å²) in [5.41, 5.74) is 2.48. The predicted molar refractivity (Wildman–Crippen MR) is 71.6 cm³/mol. The summed E-state index contributed by atoms with van der Waals surface area (Å²) in [4.78, 5) is 11.7. The Balaban J connectivity index is 2.13. The molecule has 3 nitrogen and oxygen atoms in total. The summed E-state index contributed by atoms with van der Waals surface area (Å²) in [6.07, 6.45) is 6.50. The highest BCUT2D eigenvalue weighted by atomic mass is 16.5. The molecule has 3 heteroatoms. The molecule has 1 aliphatic rings. The van der Waals surface area contributed by atoms with Crippen LogP contribution < -0.4 is 0 Å². The van der Waals surface area contributed by atoms with Crippen molar-refractivity contribution in [2.24, 2.45) is 0 Å². The standard InChI is InChI=1S/C15H23NO2/c1-3-18-15(17)11-16-12(2)9-10-14(16)13-7-5-4-6-8-13/h9-10,13H,3-8,11H2,1-2H3. The van der Waals surface area contributed by atoms with E-state index in [1.54, 1.807) is 0 Å². The maximum atomic E-state index is 11.7. The highest BCUT2D eigenvalue weighted by molar-refractivity contribution is 5.69. The SMILES string of the molecule is CCOC(=O)Cn1c(C)ccc1C1CCCCC1. The maximum Gasteiger partial charge on any atom is 0.325 e. The first kappa shape index (κ1) is 13.2. The fourth-order valence-corrected chi connectivity index (χ4v) is 2.90. The van der Waals surface area contributed by atoms with Crippen molar-refractivity contribution in [2.45, 2.75) is 58.4 Å². The van der Waals surface area contributed by atoms with Gasteiger partial charge in [0.2, 0.25) is 0 Å². The van der Waals surface area contributed by atoms with Gasteiger partial charge in [-0.3, -0.25) is 4.79 Å². The van der Waals surface area contributed by atoms with Crippen molar-refractivity contribution in [1.82, 2.24) is 4.57 Å². The average Bonchev–Trinajstić information content (AvgIpc) is 2.73. The van der Waals surface area contributed by atoms with E-state index in [1.807, 2.05) is 6.92 Å². The Kier molecular flexibility index (Phi) is 4.45. The number of ether oxygens (including phenoxy) is 1. The van der Waals surface area contributed by atoms with Gasteiger partial charge in [-0.2, -0.15) is 0 Å². The second-order valence-corrected chi connectivity index (χ2v) is 5.13. The number of carbonyl (C=O) groups is 1. The summed E-state index contributed by atoms with van der Waals surface area (Å²) in [7, 11) is 0. The first-order valence-electron chi connectivity index (χ1n) is 7.04. The molecule has 0 amide bonds. The molecule has 0 spiro atoms. The number of nitrogens with zero attached hydrogens (tertiary/aromatic N) is 1. The van der Waals surface area contributed by atoms with E-state index in [0.717, 1.165) is 5.69 Å². The van der Waals surface area contributed by atoms with E-state index in [9.17, 15) is 4.79 Å². The number of esters is 1. The van der Waals surface area contributed by atoms with Gasteiger partial charge in [0.1, 0.15) is 6.54 Å². The average molecular weight is 249 g/mol. The summed E-state index contributed by atoms with van der Waals surface area (Å²) < 4.78 is 7.19. The van der Waals surface area contributed by atoms with Crippen LogP contribution in [-0.2, 0) is 16.1 Å². The molecular weight excluding hydrogens is 226 g/mol. The third-order valence-corrected chi connectivity index (χ3v) is 3.85. The van der Waals surface area contributed by atoms with Gasteiger partial charge in [0.05, 0.1) is 6.61 Å². The lowest BCUT2D eigenvalue weighted by Crippen LogP contribution is -2.18. The van der Waals surface area contributed by atoms with Gasteiger partial charge in [-0.1, -0.05) is 19.3 Å². The van der Waals surface area contributed by atoms with Crippen LogP contribution in [0.15, 0.2) is 12.1 Å². The van der Waals surface area contributed by atoms with Crippen LogP contribution in [0, 0.1) is 6.92 Å². The smallest absolute Gasteiger partial charge is 0.325 e. The van der Waals surface area contributed by atoms with Gasteiger partial charge in [0.15, 0.2) is 0 Å². The molecule has 0 aliphatic heterocycles. The van der Waals surface area contributed by atoms with Crippen LogP contribution in [-0.4, -0.2) is 17.1 Å². The Bertz CT molecular complexity index is 403. The van der Waals surface area contributed by atoms with Crippen molar-refractivity contribution in [3.05, 3.63) is 23.5 Å². The third-order valence-electron chi connectivity index (χ3n) is 3.85. The number of rotatable bonds is 4. The molecule has 0 bridgehead atoms. The summed E-state index contributed by atoms with van der Waals surface area (Å²) in [5.74, 6) is 0.496. The molecule has 1 saturated carbocycles. The highest BCUT2D eigenvalue weighted by Gasteiger charge is 2.20. The number of hydrogen-bond acceptors (Lipinski definition) is 2. The Labute approximate surface area is 109 Å². The fourth-order valence-electron chi connectivity index (χ4n) is 2.90. The molecule has 18 heavy (non-hydrogen) atoms. The number of aryl methyl sites for hydroxylation is 1. The maximum absolute atomic E-state index is 11.7. The lowest BCUT2D eigenvalue weighted by Gasteiger charge is -2.23. The van der Waals surface area contributed by atoms with E-state index >= 15 is 0 Å². The minimum atomic E-state index is -0.131. The van der Waals surface area contributed by atoms with Crippen molar-refractivity contribution < 1.29 is 9.53 Å². The fraction of sp³-hybridized carbons (Fsp3) is 0.667. The molecule has 1 aromatic rings. The molecule has 0 unspecified atom stereocenters. The van der Waals surface area contributed by atoms with Gasteiger partial charge in [0, 0.05) is 11.4 Å². The number of aromatic nitrogens is 1. The molecule has 0 N–H and O–H groups in total. The Hall–Kier alpha value is -1.25. The largest absolute Gasteiger partial charge is 0.465 e. The molecule has 2 rings (SSSR count). The van der Waals surface area contributed by atoms with Crippen LogP contribution in [0.2, 0.25) is 0 Å². The lowest BCUT2D eigenvalue weighted by atomic mass is 9.87. The van der Waals surface area contributed by atoms with Gasteiger partial charge in [-0.15, -0.1) is 0 Å². The molecule has 0 atom stereocenters. The summed E-state index contributed by atoms with van der Waals surface area (Å²) >= 11 is 0. The first-order chi connectivity index (χ1) is 8.72. The summed E-state index contributed by atoms with van der Waals surface area (Å²) in [5, 5.41) is 0. The first-order valence-corrected chi connectivity index (χ1v) is 7.04. The molecular formula is C15H23NO2. The van der Waals surface area contributed by atoms with Gasteiger partial charge in [0.25, 0.3) is 0 Å². The zero-order chi connectivity index (χ0) is 13.0. The molecule has 1 aromatic heterocycles. The van der Waals surface area contributed by atoms with E-state index in [2.05, 4.69) is 23.6 Å². The third kappa shape index (κ3) is 2.95. The van der Waals surface area contributed by atoms with Gasteiger partial charge in [-0.25, -0.2) is 0 Å².